The molecule has 0 amide bonds. The Hall–Kier alpha value is -1.30. The molecule has 2 heterocycles. The number of nitrogens with one attached hydrogen (secondary N) is 1. The lowest BCUT2D eigenvalue weighted by atomic mass is 10.4. The van der Waals surface area contributed by atoms with Crippen molar-refractivity contribution < 1.29 is 0 Å². The first-order valence-electron chi connectivity index (χ1n) is 4.27. The van der Waals surface area contributed by atoms with Crippen LogP contribution < -0.4 is 5.56 Å². The van der Waals surface area contributed by atoms with Crippen LogP contribution in [0.1, 0.15) is 6.92 Å². The van der Waals surface area contributed by atoms with Crippen molar-refractivity contribution in [3.8, 4) is 0 Å². The van der Waals surface area contributed by atoms with Gasteiger partial charge >= 0.3 is 0 Å². The van der Waals surface area contributed by atoms with Gasteiger partial charge in [-0.25, -0.2) is 5.10 Å². The maximum Gasteiger partial charge on any atom is 0.276 e. The van der Waals surface area contributed by atoms with E-state index in [-0.39, 0.29) is 5.56 Å². The first kappa shape index (κ1) is 9.26. The Kier molecular flexibility index (Phi) is 2.28. The normalized spacial score (nSPS) is 11.0. The third-order valence-electron chi connectivity index (χ3n) is 1.92. The minimum absolute atomic E-state index is 0.174. The van der Waals surface area contributed by atoms with Crippen LogP contribution in [0.3, 0.4) is 0 Å². The van der Waals surface area contributed by atoms with Gasteiger partial charge in [0.05, 0.1) is 11.7 Å². The van der Waals surface area contributed by atoms with E-state index in [4.69, 9.17) is 0 Å². The van der Waals surface area contributed by atoms with Gasteiger partial charge in [-0.1, -0.05) is 6.92 Å². The van der Waals surface area contributed by atoms with Crippen LogP contribution in [0.25, 0.3) is 10.9 Å². The molecule has 0 aliphatic carbocycles. The lowest BCUT2D eigenvalue weighted by Crippen LogP contribution is -2.07. The van der Waals surface area contributed by atoms with E-state index in [9.17, 15) is 4.79 Å². The molecule has 0 atom stereocenters. The Balaban J connectivity index is 2.79. The summed E-state index contributed by atoms with van der Waals surface area (Å²) in [6, 6.07) is 0. The van der Waals surface area contributed by atoms with Gasteiger partial charge in [0.15, 0.2) is 0 Å². The highest BCUT2D eigenvalue weighted by Gasteiger charge is 2.11. The van der Waals surface area contributed by atoms with E-state index in [2.05, 4.69) is 15.3 Å². The molecule has 0 radical (unpaired) electrons. The maximum atomic E-state index is 11.5. The summed E-state index contributed by atoms with van der Waals surface area (Å²) < 4.78 is 1.68. The number of rotatable bonds is 2. The molecule has 0 saturated carbocycles. The zero-order chi connectivity index (χ0) is 10.1. The molecule has 6 heteroatoms. The second-order valence-corrected chi connectivity index (χ2v) is 4.07. The summed E-state index contributed by atoms with van der Waals surface area (Å²) in [5, 5.41) is 11.8. The van der Waals surface area contributed by atoms with Gasteiger partial charge in [0, 0.05) is 7.05 Å². The monoisotopic (exact) mass is 210 g/mol. The van der Waals surface area contributed by atoms with Crippen LogP contribution in [0.15, 0.2) is 16.0 Å². The zero-order valence-electron chi connectivity index (χ0n) is 7.94. The fourth-order valence-electron chi connectivity index (χ4n) is 1.32. The van der Waals surface area contributed by atoms with Crippen molar-refractivity contribution in [2.75, 3.05) is 5.75 Å². The Morgan fingerprint density at radius 3 is 3.14 bits per heavy atom. The van der Waals surface area contributed by atoms with Gasteiger partial charge < -0.3 is 0 Å². The number of fused-ring (bicyclic) bond motifs is 1. The molecule has 0 aliphatic rings. The molecule has 0 aliphatic heterocycles. The van der Waals surface area contributed by atoms with Gasteiger partial charge in [0.25, 0.3) is 5.56 Å². The predicted molar refractivity (Wildman–Crippen MR) is 55.5 cm³/mol. The summed E-state index contributed by atoms with van der Waals surface area (Å²) in [6.07, 6.45) is 1.61. The van der Waals surface area contributed by atoms with Crippen molar-refractivity contribution in [2.45, 2.75) is 11.9 Å². The third kappa shape index (κ3) is 1.31. The van der Waals surface area contributed by atoms with E-state index in [0.29, 0.717) is 5.39 Å². The summed E-state index contributed by atoms with van der Waals surface area (Å²) in [5.41, 5.74) is 0.594. The van der Waals surface area contributed by atoms with Crippen molar-refractivity contribution in [1.29, 1.82) is 0 Å². The molecule has 0 aromatic carbocycles. The maximum absolute atomic E-state index is 11.5. The second kappa shape index (κ2) is 3.45. The Morgan fingerprint density at radius 2 is 2.43 bits per heavy atom. The summed E-state index contributed by atoms with van der Waals surface area (Å²) in [6.45, 7) is 2.03. The molecule has 0 bridgehead atoms. The van der Waals surface area contributed by atoms with E-state index in [0.717, 1.165) is 16.3 Å². The molecular weight excluding hydrogens is 200 g/mol. The molecule has 0 unspecified atom stereocenters. The van der Waals surface area contributed by atoms with Crippen molar-refractivity contribution >= 4 is 22.7 Å². The molecule has 0 spiro atoms. The molecule has 5 nitrogen and oxygen atoms in total. The molecule has 0 fully saturated rings. The molecule has 74 valence electrons. The average molecular weight is 210 g/mol. The minimum atomic E-state index is -0.174. The Labute approximate surface area is 84.5 Å². The molecule has 0 saturated heterocycles. The van der Waals surface area contributed by atoms with Crippen LogP contribution in [0.2, 0.25) is 0 Å². The van der Waals surface area contributed by atoms with Crippen LogP contribution in [-0.4, -0.2) is 25.7 Å². The van der Waals surface area contributed by atoms with E-state index < -0.39 is 0 Å². The second-order valence-electron chi connectivity index (χ2n) is 2.82. The zero-order valence-corrected chi connectivity index (χ0v) is 8.76. The highest BCUT2D eigenvalue weighted by molar-refractivity contribution is 7.99. The summed E-state index contributed by atoms with van der Waals surface area (Å²) >= 11 is 1.56. The largest absolute Gasteiger partial charge is 0.276 e. The summed E-state index contributed by atoms with van der Waals surface area (Å²) in [5.74, 6) is 0.897. The van der Waals surface area contributed by atoms with Crippen LogP contribution in [-0.2, 0) is 7.05 Å². The van der Waals surface area contributed by atoms with Crippen LogP contribution in [0.5, 0.6) is 0 Å². The van der Waals surface area contributed by atoms with Crippen LogP contribution in [0.4, 0.5) is 0 Å². The van der Waals surface area contributed by atoms with E-state index >= 15 is 0 Å². The minimum Gasteiger partial charge on any atom is -0.267 e. The average Bonchev–Trinajstić information content (AvgIpc) is 2.46. The van der Waals surface area contributed by atoms with Crippen LogP contribution in [0, 0.1) is 0 Å². The van der Waals surface area contributed by atoms with Crippen molar-refractivity contribution in [3.63, 3.8) is 0 Å². The van der Waals surface area contributed by atoms with Crippen LogP contribution >= 0.6 is 11.8 Å². The van der Waals surface area contributed by atoms with Crippen molar-refractivity contribution in [2.24, 2.45) is 7.05 Å². The van der Waals surface area contributed by atoms with Crippen molar-refractivity contribution in [1.82, 2.24) is 20.0 Å². The Bertz CT molecular complexity index is 516. The topological polar surface area (TPSA) is 63.6 Å². The third-order valence-corrected chi connectivity index (χ3v) is 2.77. The van der Waals surface area contributed by atoms with E-state index in [1.165, 1.54) is 0 Å². The molecule has 2 aromatic heterocycles. The predicted octanol–water partition coefficient (Wildman–Crippen LogP) is 0.769. The number of aryl methyl sites for hydroxylation is 1. The Morgan fingerprint density at radius 1 is 1.64 bits per heavy atom. The highest BCUT2D eigenvalue weighted by Crippen LogP contribution is 2.22. The number of hydrogen-bond acceptors (Lipinski definition) is 4. The van der Waals surface area contributed by atoms with Crippen molar-refractivity contribution in [3.05, 3.63) is 16.6 Å². The summed E-state index contributed by atoms with van der Waals surface area (Å²) in [4.78, 5) is 11.5. The number of aromatic nitrogens is 4. The van der Waals surface area contributed by atoms with Gasteiger partial charge in [-0.15, -0.1) is 11.8 Å². The molecule has 2 aromatic rings. The number of aromatic amines is 1. The van der Waals surface area contributed by atoms with Gasteiger partial charge in [-0.2, -0.15) is 10.2 Å². The molecule has 14 heavy (non-hydrogen) atoms. The summed E-state index contributed by atoms with van der Waals surface area (Å²) in [7, 11) is 1.81. The fourth-order valence-corrected chi connectivity index (χ4v) is 2.11. The number of nitrogens with zero attached hydrogens (tertiary/aromatic N) is 3. The van der Waals surface area contributed by atoms with E-state index in [1.54, 1.807) is 22.6 Å². The highest BCUT2D eigenvalue weighted by atomic mass is 32.2. The molecule has 2 rings (SSSR count). The van der Waals surface area contributed by atoms with Gasteiger partial charge in [-0.3, -0.25) is 9.48 Å². The standard InChI is InChI=1S/C8H10N4OS/c1-3-14-8-6-5(12(2)11-8)4-9-10-7(6)13/h4H,3H2,1-2H3,(H,10,13). The quantitative estimate of drug-likeness (QED) is 0.743. The van der Waals surface area contributed by atoms with Gasteiger partial charge in [0.1, 0.15) is 10.4 Å². The first-order chi connectivity index (χ1) is 6.74. The van der Waals surface area contributed by atoms with E-state index in [1.807, 2.05) is 14.0 Å². The lowest BCUT2D eigenvalue weighted by Gasteiger charge is -1.90. The first-order valence-corrected chi connectivity index (χ1v) is 5.25. The van der Waals surface area contributed by atoms with Gasteiger partial charge in [-0.05, 0) is 5.75 Å². The fraction of sp³-hybridized carbons (Fsp3) is 0.375. The smallest absolute Gasteiger partial charge is 0.267 e. The molecular formula is C8H10N4OS. The molecule has 1 N–H and O–H groups in total. The number of thioether (sulfide) groups is 1. The van der Waals surface area contributed by atoms with Gasteiger partial charge in [0.2, 0.25) is 0 Å². The SMILES string of the molecule is CCSc1nn(C)c2cn[nH]c(=O)c12. The number of hydrogen-bond donors (Lipinski definition) is 1. The number of H-pyrrole nitrogens is 1. The lowest BCUT2D eigenvalue weighted by molar-refractivity contribution is 0.761.